The predicted molar refractivity (Wildman–Crippen MR) is 121 cm³/mol. The number of carbonyl (C=O) groups is 1. The Bertz CT molecular complexity index is 1120. The van der Waals surface area contributed by atoms with Crippen molar-refractivity contribution < 1.29 is 18.7 Å². The van der Waals surface area contributed by atoms with Crippen molar-refractivity contribution in [1.29, 1.82) is 0 Å². The quantitative estimate of drug-likeness (QED) is 0.375. The fourth-order valence-corrected chi connectivity index (χ4v) is 3.25. The number of rotatable bonds is 10. The highest BCUT2D eigenvalue weighted by Crippen LogP contribution is 2.26. The van der Waals surface area contributed by atoms with Gasteiger partial charge in [-0.1, -0.05) is 18.2 Å². The molecule has 1 N–H and O–H groups in total. The van der Waals surface area contributed by atoms with E-state index in [0.29, 0.717) is 37.4 Å². The lowest BCUT2D eigenvalue weighted by Gasteiger charge is -2.06. The van der Waals surface area contributed by atoms with Crippen LogP contribution in [0.4, 0.5) is 0 Å². The zero-order valence-corrected chi connectivity index (χ0v) is 17.9. The summed E-state index contributed by atoms with van der Waals surface area (Å²) in [5.41, 5.74) is 2.85. The van der Waals surface area contributed by atoms with Gasteiger partial charge in [0.15, 0.2) is 0 Å². The normalized spacial score (nSPS) is 10.8. The van der Waals surface area contributed by atoms with Crippen LogP contribution < -0.4 is 10.1 Å². The van der Waals surface area contributed by atoms with Crippen molar-refractivity contribution >= 4 is 5.91 Å². The first-order chi connectivity index (χ1) is 15.7. The van der Waals surface area contributed by atoms with Gasteiger partial charge in [0.25, 0.3) is 5.91 Å². The van der Waals surface area contributed by atoms with Gasteiger partial charge in [0, 0.05) is 24.9 Å². The number of aromatic nitrogens is 2. The van der Waals surface area contributed by atoms with Gasteiger partial charge in [0.1, 0.15) is 23.8 Å². The lowest BCUT2D eigenvalue weighted by molar-refractivity contribution is 0.0917. The summed E-state index contributed by atoms with van der Waals surface area (Å²) in [4.78, 5) is 13.0. The standard InChI is InChI=1S/C25H25N3O4/c1-30-21-12-10-19(11-13-21)24-23(17-28(27-24)20-7-3-2-4-8-20)25(29)26-14-6-15-31-18-22-9-5-16-32-22/h2-5,7-13,16-17H,6,14-15,18H2,1H3,(H,26,29). The Morgan fingerprint density at radius 1 is 1.06 bits per heavy atom. The molecule has 7 heteroatoms. The molecular formula is C25H25N3O4. The van der Waals surface area contributed by atoms with E-state index in [0.717, 1.165) is 22.8 Å². The molecule has 7 nitrogen and oxygen atoms in total. The topological polar surface area (TPSA) is 78.5 Å². The predicted octanol–water partition coefficient (Wildman–Crippen LogP) is 4.48. The summed E-state index contributed by atoms with van der Waals surface area (Å²) in [5.74, 6) is 1.35. The smallest absolute Gasteiger partial charge is 0.255 e. The number of nitrogens with one attached hydrogen (secondary N) is 1. The van der Waals surface area contributed by atoms with Crippen molar-refractivity contribution in [3.8, 4) is 22.7 Å². The van der Waals surface area contributed by atoms with Gasteiger partial charge in [0.2, 0.25) is 0 Å². The molecule has 0 radical (unpaired) electrons. The molecule has 0 bridgehead atoms. The number of benzene rings is 2. The summed E-state index contributed by atoms with van der Waals surface area (Å²) in [6, 6.07) is 20.9. The summed E-state index contributed by atoms with van der Waals surface area (Å²) >= 11 is 0. The molecule has 0 unspecified atom stereocenters. The van der Waals surface area contributed by atoms with E-state index >= 15 is 0 Å². The van der Waals surface area contributed by atoms with E-state index in [2.05, 4.69) is 5.32 Å². The van der Waals surface area contributed by atoms with Crippen LogP contribution in [0.5, 0.6) is 5.75 Å². The van der Waals surface area contributed by atoms with E-state index in [9.17, 15) is 4.79 Å². The average molecular weight is 431 g/mol. The molecular weight excluding hydrogens is 406 g/mol. The van der Waals surface area contributed by atoms with Crippen molar-refractivity contribution in [2.24, 2.45) is 0 Å². The van der Waals surface area contributed by atoms with Gasteiger partial charge < -0.3 is 19.2 Å². The average Bonchev–Trinajstić information content (AvgIpc) is 3.52. The number of nitrogens with zero attached hydrogens (tertiary/aromatic N) is 2. The Labute approximate surface area is 186 Å². The summed E-state index contributed by atoms with van der Waals surface area (Å²) in [7, 11) is 1.62. The maximum atomic E-state index is 13.0. The zero-order valence-electron chi connectivity index (χ0n) is 17.9. The zero-order chi connectivity index (χ0) is 22.2. The number of hydrogen-bond donors (Lipinski definition) is 1. The molecule has 0 aliphatic carbocycles. The molecule has 0 fully saturated rings. The summed E-state index contributed by atoms with van der Waals surface area (Å²) in [5, 5.41) is 7.66. The van der Waals surface area contributed by atoms with Gasteiger partial charge in [-0.3, -0.25) is 4.79 Å². The molecule has 2 heterocycles. The molecule has 32 heavy (non-hydrogen) atoms. The Balaban J connectivity index is 1.44. The highest BCUT2D eigenvalue weighted by molar-refractivity contribution is 5.99. The van der Waals surface area contributed by atoms with Crippen molar-refractivity contribution in [3.05, 3.63) is 90.5 Å². The number of carbonyl (C=O) groups excluding carboxylic acids is 1. The van der Waals surface area contributed by atoms with Crippen LogP contribution >= 0.6 is 0 Å². The van der Waals surface area contributed by atoms with Crippen molar-refractivity contribution in [2.75, 3.05) is 20.3 Å². The SMILES string of the molecule is COc1ccc(-c2nn(-c3ccccc3)cc2C(=O)NCCCOCc2ccco2)cc1. The van der Waals surface area contributed by atoms with E-state index < -0.39 is 0 Å². The summed E-state index contributed by atoms with van der Waals surface area (Å²) in [6.45, 7) is 1.44. The molecule has 2 aromatic heterocycles. The highest BCUT2D eigenvalue weighted by Gasteiger charge is 2.18. The van der Waals surface area contributed by atoms with Crippen LogP contribution in [0.3, 0.4) is 0 Å². The number of ether oxygens (including phenoxy) is 2. The van der Waals surface area contributed by atoms with Crippen molar-refractivity contribution in [3.63, 3.8) is 0 Å². The van der Waals surface area contributed by atoms with Gasteiger partial charge in [-0.2, -0.15) is 5.10 Å². The maximum Gasteiger partial charge on any atom is 0.255 e. The van der Waals surface area contributed by atoms with E-state index in [1.807, 2.05) is 66.7 Å². The Morgan fingerprint density at radius 3 is 2.59 bits per heavy atom. The summed E-state index contributed by atoms with van der Waals surface area (Å²) < 4.78 is 17.8. The van der Waals surface area contributed by atoms with Crippen LogP contribution in [0.25, 0.3) is 16.9 Å². The molecule has 0 atom stereocenters. The first-order valence-electron chi connectivity index (χ1n) is 10.4. The van der Waals surface area contributed by atoms with E-state index in [1.165, 1.54) is 0 Å². The van der Waals surface area contributed by atoms with Crippen LogP contribution in [0, 0.1) is 0 Å². The molecule has 0 spiro atoms. The minimum atomic E-state index is -0.177. The third kappa shape index (κ3) is 5.25. The molecule has 1 amide bonds. The van der Waals surface area contributed by atoms with Gasteiger partial charge in [-0.05, 0) is 55.0 Å². The van der Waals surface area contributed by atoms with Crippen LogP contribution in [0.1, 0.15) is 22.5 Å². The second-order valence-electron chi connectivity index (χ2n) is 7.14. The molecule has 0 saturated heterocycles. The number of furan rings is 1. The van der Waals surface area contributed by atoms with E-state index in [4.69, 9.17) is 19.0 Å². The van der Waals surface area contributed by atoms with Gasteiger partial charge in [0.05, 0.1) is 24.6 Å². The van der Waals surface area contributed by atoms with Crippen LogP contribution in [0.2, 0.25) is 0 Å². The monoisotopic (exact) mass is 431 g/mol. The van der Waals surface area contributed by atoms with E-state index in [-0.39, 0.29) is 5.91 Å². The second kappa shape index (κ2) is 10.5. The van der Waals surface area contributed by atoms with Gasteiger partial charge in [-0.15, -0.1) is 0 Å². The number of hydrogen-bond acceptors (Lipinski definition) is 5. The fraction of sp³-hybridized carbons (Fsp3) is 0.200. The van der Waals surface area contributed by atoms with Gasteiger partial charge in [-0.25, -0.2) is 4.68 Å². The molecule has 4 rings (SSSR count). The molecule has 0 aliphatic rings. The van der Waals surface area contributed by atoms with Crippen molar-refractivity contribution in [1.82, 2.24) is 15.1 Å². The molecule has 0 saturated carbocycles. The Morgan fingerprint density at radius 2 is 1.88 bits per heavy atom. The third-order valence-electron chi connectivity index (χ3n) is 4.92. The number of para-hydroxylation sites is 1. The van der Waals surface area contributed by atoms with Crippen LogP contribution in [0.15, 0.2) is 83.6 Å². The Kier molecular flexibility index (Phi) is 6.99. The second-order valence-corrected chi connectivity index (χ2v) is 7.14. The largest absolute Gasteiger partial charge is 0.497 e. The van der Waals surface area contributed by atoms with E-state index in [1.54, 1.807) is 24.3 Å². The Hall–Kier alpha value is -3.84. The van der Waals surface area contributed by atoms with Crippen LogP contribution in [-0.4, -0.2) is 35.9 Å². The first kappa shape index (κ1) is 21.4. The van der Waals surface area contributed by atoms with Crippen molar-refractivity contribution in [2.45, 2.75) is 13.0 Å². The fourth-order valence-electron chi connectivity index (χ4n) is 3.25. The minimum Gasteiger partial charge on any atom is -0.497 e. The lowest BCUT2D eigenvalue weighted by atomic mass is 10.1. The van der Waals surface area contributed by atoms with Crippen LogP contribution in [-0.2, 0) is 11.3 Å². The first-order valence-corrected chi connectivity index (χ1v) is 10.4. The highest BCUT2D eigenvalue weighted by atomic mass is 16.5. The molecule has 2 aromatic carbocycles. The lowest BCUT2D eigenvalue weighted by Crippen LogP contribution is -2.25. The van der Waals surface area contributed by atoms with Gasteiger partial charge >= 0.3 is 0 Å². The number of methoxy groups -OCH3 is 1. The minimum absolute atomic E-state index is 0.177. The maximum absolute atomic E-state index is 13.0. The molecule has 164 valence electrons. The molecule has 0 aliphatic heterocycles. The molecule has 4 aromatic rings. The number of amides is 1. The summed E-state index contributed by atoms with van der Waals surface area (Å²) in [6.07, 6.45) is 4.07. The third-order valence-corrected chi connectivity index (χ3v) is 4.92.